The maximum atomic E-state index is 12.6. The first kappa shape index (κ1) is 19.4. The van der Waals surface area contributed by atoms with Crippen LogP contribution < -0.4 is 4.72 Å². The molecule has 2 aromatic carbocycles. The second-order valence-corrected chi connectivity index (χ2v) is 7.19. The maximum absolute atomic E-state index is 12.6. The van der Waals surface area contributed by atoms with Crippen LogP contribution in [-0.4, -0.2) is 26.7 Å². The lowest BCUT2D eigenvalue weighted by Crippen LogP contribution is -2.24. The molecule has 0 amide bonds. The van der Waals surface area contributed by atoms with Gasteiger partial charge in [-0.1, -0.05) is 24.3 Å². The van der Waals surface area contributed by atoms with Crippen LogP contribution in [0.25, 0.3) is 11.1 Å². The molecule has 8 heteroatoms. The Morgan fingerprint density at radius 1 is 0.880 bits per heavy atom. The van der Waals surface area contributed by atoms with Gasteiger partial charge in [-0.05, 0) is 48.2 Å². The third kappa shape index (κ3) is 5.29. The number of unbranched alkanes of at least 4 members (excludes halogenated alkanes) is 1. The highest BCUT2D eigenvalue weighted by molar-refractivity contribution is 7.89. The van der Waals surface area contributed by atoms with Gasteiger partial charge in [0.25, 0.3) is 0 Å². The van der Waals surface area contributed by atoms with E-state index in [1.165, 1.54) is 24.3 Å². The second kappa shape index (κ2) is 7.99. The number of hydrogen-bond acceptors (Lipinski definition) is 3. The van der Waals surface area contributed by atoms with Crippen molar-refractivity contribution in [3.63, 3.8) is 0 Å². The van der Waals surface area contributed by atoms with E-state index in [1.807, 2.05) is 0 Å². The van der Waals surface area contributed by atoms with Crippen LogP contribution in [0, 0.1) is 0 Å². The highest BCUT2D eigenvalue weighted by Gasteiger charge is 2.29. The van der Waals surface area contributed by atoms with Crippen molar-refractivity contribution in [2.45, 2.75) is 23.9 Å². The molecule has 0 heterocycles. The minimum atomic E-state index is -4.39. The Bertz CT molecular complexity index is 785. The van der Waals surface area contributed by atoms with E-state index < -0.39 is 21.8 Å². The summed E-state index contributed by atoms with van der Waals surface area (Å²) in [6, 6.07) is 10.6. The number of benzene rings is 2. The topological polar surface area (TPSA) is 66.4 Å². The van der Waals surface area contributed by atoms with Crippen molar-refractivity contribution in [2.24, 2.45) is 0 Å². The molecule has 2 N–H and O–H groups in total. The van der Waals surface area contributed by atoms with Crippen LogP contribution in [0.2, 0.25) is 0 Å². The highest BCUT2D eigenvalue weighted by atomic mass is 32.2. The molecule has 4 nitrogen and oxygen atoms in total. The average molecular weight is 373 g/mol. The summed E-state index contributed by atoms with van der Waals surface area (Å²) in [6.45, 7) is 0.229. The Kier molecular flexibility index (Phi) is 6.21. The van der Waals surface area contributed by atoms with E-state index in [0.717, 1.165) is 12.1 Å². The van der Waals surface area contributed by atoms with E-state index in [9.17, 15) is 21.6 Å². The summed E-state index contributed by atoms with van der Waals surface area (Å²) in [7, 11) is -3.65. The molecule has 0 unspecified atom stereocenters. The number of hydrogen-bond donors (Lipinski definition) is 2. The molecule has 0 aliphatic carbocycles. The molecule has 2 rings (SSSR count). The lowest BCUT2D eigenvalue weighted by molar-refractivity contribution is -0.137. The van der Waals surface area contributed by atoms with Crippen LogP contribution in [0.15, 0.2) is 53.4 Å². The SMILES string of the molecule is O=S(=O)(NCCCCO)c1ccc(-c2ccc(C(F)(F)F)cc2)cc1. The lowest BCUT2D eigenvalue weighted by atomic mass is 10.0. The molecule has 0 aromatic heterocycles. The minimum absolute atomic E-state index is 0.00353. The summed E-state index contributed by atoms with van der Waals surface area (Å²) in [5, 5.41) is 8.67. The Labute approximate surface area is 144 Å². The Morgan fingerprint density at radius 3 is 1.88 bits per heavy atom. The number of halogens is 3. The second-order valence-electron chi connectivity index (χ2n) is 5.43. The molecule has 0 spiro atoms. The molecular formula is C17H18F3NO3S. The number of sulfonamides is 1. The summed E-state index contributed by atoms with van der Waals surface area (Å²) < 4.78 is 64.3. The summed E-state index contributed by atoms with van der Waals surface area (Å²) in [6.07, 6.45) is -3.35. The van der Waals surface area contributed by atoms with Crippen molar-refractivity contribution in [3.8, 4) is 11.1 Å². The zero-order valence-electron chi connectivity index (χ0n) is 13.3. The summed E-state index contributed by atoms with van der Waals surface area (Å²) in [4.78, 5) is 0.0761. The number of rotatable bonds is 7. The van der Waals surface area contributed by atoms with Crippen LogP contribution in [-0.2, 0) is 16.2 Å². The van der Waals surface area contributed by atoms with Crippen molar-refractivity contribution in [3.05, 3.63) is 54.1 Å². The van der Waals surface area contributed by atoms with Crippen LogP contribution in [0.1, 0.15) is 18.4 Å². The van der Waals surface area contributed by atoms with Crippen molar-refractivity contribution in [2.75, 3.05) is 13.2 Å². The van der Waals surface area contributed by atoms with Crippen LogP contribution in [0.3, 0.4) is 0 Å². The summed E-state index contributed by atoms with van der Waals surface area (Å²) in [5.41, 5.74) is 0.448. The number of aliphatic hydroxyl groups is 1. The Hall–Kier alpha value is -1.90. The van der Waals surface area contributed by atoms with Gasteiger partial charge in [0.1, 0.15) is 0 Å². The number of aliphatic hydroxyl groups excluding tert-OH is 1. The largest absolute Gasteiger partial charge is 0.416 e. The van der Waals surface area contributed by atoms with Crippen molar-refractivity contribution >= 4 is 10.0 Å². The zero-order valence-corrected chi connectivity index (χ0v) is 14.1. The quantitative estimate of drug-likeness (QED) is 0.731. The Balaban J connectivity index is 2.11. The van der Waals surface area contributed by atoms with Crippen molar-refractivity contribution in [1.82, 2.24) is 4.72 Å². The van der Waals surface area contributed by atoms with Gasteiger partial charge >= 0.3 is 6.18 Å². The standard InChI is InChI=1S/C17H18F3NO3S/c18-17(19,20)15-7-3-13(4-8-15)14-5-9-16(10-6-14)25(23,24)21-11-1-2-12-22/h3-10,21-22H,1-2,11-12H2. The normalized spacial score (nSPS) is 12.3. The molecule has 0 saturated heterocycles. The lowest BCUT2D eigenvalue weighted by Gasteiger charge is -2.09. The van der Waals surface area contributed by atoms with Gasteiger partial charge in [-0.3, -0.25) is 0 Å². The Morgan fingerprint density at radius 2 is 1.40 bits per heavy atom. The predicted molar refractivity (Wildman–Crippen MR) is 88.4 cm³/mol. The van der Waals surface area contributed by atoms with E-state index in [4.69, 9.17) is 5.11 Å². The molecule has 136 valence electrons. The summed E-state index contributed by atoms with van der Waals surface area (Å²) in [5.74, 6) is 0. The molecular weight excluding hydrogens is 355 g/mol. The third-order valence-electron chi connectivity index (χ3n) is 3.59. The average Bonchev–Trinajstić information content (AvgIpc) is 2.58. The van der Waals surface area contributed by atoms with E-state index in [2.05, 4.69) is 4.72 Å². The maximum Gasteiger partial charge on any atom is 0.416 e. The molecule has 0 atom stereocenters. The molecule has 0 aliphatic heterocycles. The smallest absolute Gasteiger partial charge is 0.396 e. The van der Waals surface area contributed by atoms with Gasteiger partial charge in [-0.15, -0.1) is 0 Å². The zero-order chi connectivity index (χ0) is 18.5. The van der Waals surface area contributed by atoms with Crippen molar-refractivity contribution in [1.29, 1.82) is 0 Å². The van der Waals surface area contributed by atoms with Crippen molar-refractivity contribution < 1.29 is 26.7 Å². The monoisotopic (exact) mass is 373 g/mol. The van der Waals surface area contributed by atoms with E-state index >= 15 is 0 Å². The third-order valence-corrected chi connectivity index (χ3v) is 5.06. The molecule has 25 heavy (non-hydrogen) atoms. The molecule has 0 bridgehead atoms. The fourth-order valence-electron chi connectivity index (χ4n) is 2.20. The molecule has 0 aliphatic rings. The van der Waals surface area contributed by atoms with Crippen LogP contribution in [0.5, 0.6) is 0 Å². The number of nitrogens with one attached hydrogen (secondary N) is 1. The van der Waals surface area contributed by atoms with Gasteiger partial charge in [-0.25, -0.2) is 13.1 Å². The fourth-order valence-corrected chi connectivity index (χ4v) is 3.28. The van der Waals surface area contributed by atoms with Gasteiger partial charge < -0.3 is 5.11 Å². The molecule has 0 fully saturated rings. The fraction of sp³-hybridized carbons (Fsp3) is 0.294. The van der Waals surface area contributed by atoms with E-state index in [1.54, 1.807) is 12.1 Å². The summed E-state index contributed by atoms with van der Waals surface area (Å²) >= 11 is 0. The van der Waals surface area contributed by atoms with E-state index in [-0.39, 0.29) is 18.0 Å². The molecule has 2 aromatic rings. The first-order valence-electron chi connectivity index (χ1n) is 7.62. The van der Waals surface area contributed by atoms with Crippen LogP contribution >= 0.6 is 0 Å². The van der Waals surface area contributed by atoms with Gasteiger partial charge in [0.05, 0.1) is 10.5 Å². The number of alkyl halides is 3. The minimum Gasteiger partial charge on any atom is -0.396 e. The van der Waals surface area contributed by atoms with Gasteiger partial charge in [0.15, 0.2) is 0 Å². The molecule has 0 radical (unpaired) electrons. The predicted octanol–water partition coefficient (Wildman–Crippen LogP) is 3.42. The van der Waals surface area contributed by atoms with Gasteiger partial charge in [-0.2, -0.15) is 13.2 Å². The van der Waals surface area contributed by atoms with Gasteiger partial charge in [0, 0.05) is 13.2 Å². The van der Waals surface area contributed by atoms with Crippen LogP contribution in [0.4, 0.5) is 13.2 Å². The van der Waals surface area contributed by atoms with Gasteiger partial charge in [0.2, 0.25) is 10.0 Å². The van der Waals surface area contributed by atoms with E-state index in [0.29, 0.717) is 24.0 Å². The first-order chi connectivity index (χ1) is 11.7. The first-order valence-corrected chi connectivity index (χ1v) is 9.10. The highest BCUT2D eigenvalue weighted by Crippen LogP contribution is 2.31. The molecule has 0 saturated carbocycles.